The van der Waals surface area contributed by atoms with E-state index < -0.39 is 7.12 Å². The zero-order valence-electron chi connectivity index (χ0n) is 12.2. The van der Waals surface area contributed by atoms with Crippen LogP contribution in [0.3, 0.4) is 0 Å². The Bertz CT molecular complexity index is 713. The molecule has 2 aromatic rings. The van der Waals surface area contributed by atoms with Gasteiger partial charge in [-0.05, 0) is 31.4 Å². The highest BCUT2D eigenvalue weighted by atomic mass is 16.5. The highest BCUT2D eigenvalue weighted by molar-refractivity contribution is 6.58. The Morgan fingerprint density at radius 3 is 2.57 bits per heavy atom. The molecule has 0 amide bonds. The second-order valence-electron chi connectivity index (χ2n) is 4.85. The Morgan fingerprint density at radius 2 is 2.00 bits per heavy atom. The SMILES string of the molecule is COc1ccc(B(O)O)cc1Cn1c(C)cc(C)nc1=O. The number of benzene rings is 1. The van der Waals surface area contributed by atoms with Gasteiger partial charge in [0.05, 0.1) is 13.7 Å². The number of rotatable bonds is 4. The second-order valence-corrected chi connectivity index (χ2v) is 4.85. The average molecular weight is 288 g/mol. The van der Waals surface area contributed by atoms with Crippen LogP contribution in [0.15, 0.2) is 29.1 Å². The first-order valence-corrected chi connectivity index (χ1v) is 6.50. The van der Waals surface area contributed by atoms with E-state index >= 15 is 0 Å². The number of nitrogens with zero attached hydrogens (tertiary/aromatic N) is 2. The Morgan fingerprint density at radius 1 is 1.29 bits per heavy atom. The highest BCUT2D eigenvalue weighted by Crippen LogP contribution is 2.17. The van der Waals surface area contributed by atoms with Crippen molar-refractivity contribution in [2.45, 2.75) is 20.4 Å². The predicted octanol–water partition coefficient (Wildman–Crippen LogP) is -0.403. The summed E-state index contributed by atoms with van der Waals surface area (Å²) in [4.78, 5) is 15.9. The van der Waals surface area contributed by atoms with Crippen molar-refractivity contribution < 1.29 is 14.8 Å². The number of aromatic nitrogens is 2. The Balaban J connectivity index is 2.48. The molecular weight excluding hydrogens is 271 g/mol. The average Bonchev–Trinajstić information content (AvgIpc) is 2.42. The molecule has 2 N–H and O–H groups in total. The van der Waals surface area contributed by atoms with Crippen LogP contribution in [0, 0.1) is 13.8 Å². The molecule has 0 unspecified atom stereocenters. The minimum atomic E-state index is -1.57. The summed E-state index contributed by atoms with van der Waals surface area (Å²) in [6, 6.07) is 6.63. The maximum absolute atomic E-state index is 12.0. The maximum Gasteiger partial charge on any atom is 0.488 e. The van der Waals surface area contributed by atoms with Gasteiger partial charge in [0.1, 0.15) is 5.75 Å². The van der Waals surface area contributed by atoms with Crippen molar-refractivity contribution in [1.82, 2.24) is 9.55 Å². The number of ether oxygens (including phenoxy) is 1. The summed E-state index contributed by atoms with van der Waals surface area (Å²) in [5.74, 6) is 0.575. The molecule has 0 bridgehead atoms. The standard InChI is InChI=1S/C14H17BN2O4/c1-9-6-10(2)17(14(18)16-9)8-11-7-12(15(19)20)4-5-13(11)21-3/h4-7,19-20H,8H2,1-3H3. The molecule has 0 spiro atoms. The Labute approximate surface area is 122 Å². The third-order valence-corrected chi connectivity index (χ3v) is 3.28. The lowest BCUT2D eigenvalue weighted by atomic mass is 9.79. The molecule has 1 aromatic heterocycles. The molecular formula is C14H17BN2O4. The van der Waals surface area contributed by atoms with Crippen molar-refractivity contribution in [2.24, 2.45) is 0 Å². The Kier molecular flexibility index (Phi) is 4.45. The zero-order valence-corrected chi connectivity index (χ0v) is 12.2. The van der Waals surface area contributed by atoms with Crippen molar-refractivity contribution in [2.75, 3.05) is 7.11 Å². The molecule has 0 atom stereocenters. The van der Waals surface area contributed by atoms with Crippen molar-refractivity contribution in [3.63, 3.8) is 0 Å². The number of methoxy groups -OCH3 is 1. The summed E-state index contributed by atoms with van der Waals surface area (Å²) in [6.45, 7) is 3.84. The molecule has 0 aliphatic heterocycles. The van der Waals surface area contributed by atoms with Gasteiger partial charge in [0.15, 0.2) is 0 Å². The van der Waals surface area contributed by atoms with E-state index in [1.54, 1.807) is 25.1 Å². The summed E-state index contributed by atoms with van der Waals surface area (Å²) in [5.41, 5.74) is 2.13. The van der Waals surface area contributed by atoms with Crippen LogP contribution in [0.4, 0.5) is 0 Å². The first-order chi connectivity index (χ1) is 9.92. The van der Waals surface area contributed by atoms with Crippen molar-refractivity contribution in [3.05, 3.63) is 51.7 Å². The minimum absolute atomic E-state index is 0.252. The molecule has 7 heteroatoms. The van der Waals surface area contributed by atoms with Crippen LogP contribution >= 0.6 is 0 Å². The second kappa shape index (κ2) is 6.11. The maximum atomic E-state index is 12.0. The molecule has 1 heterocycles. The quantitative estimate of drug-likeness (QED) is 0.748. The van der Waals surface area contributed by atoms with Gasteiger partial charge in [-0.2, -0.15) is 4.98 Å². The number of hydrogen-bond acceptors (Lipinski definition) is 5. The molecule has 0 saturated carbocycles. The van der Waals surface area contributed by atoms with Crippen LogP contribution in [-0.2, 0) is 6.54 Å². The van der Waals surface area contributed by atoms with E-state index in [0.29, 0.717) is 22.5 Å². The fraction of sp³-hybridized carbons (Fsp3) is 0.286. The van der Waals surface area contributed by atoms with Gasteiger partial charge in [0.25, 0.3) is 0 Å². The van der Waals surface area contributed by atoms with Gasteiger partial charge in [0.2, 0.25) is 0 Å². The summed E-state index contributed by atoms with van der Waals surface area (Å²) in [5, 5.41) is 18.5. The molecule has 0 aliphatic carbocycles. The minimum Gasteiger partial charge on any atom is -0.496 e. The number of hydrogen-bond donors (Lipinski definition) is 2. The lowest BCUT2D eigenvalue weighted by Gasteiger charge is -2.14. The summed E-state index contributed by atoms with van der Waals surface area (Å²) < 4.78 is 6.77. The fourth-order valence-corrected chi connectivity index (χ4v) is 2.22. The van der Waals surface area contributed by atoms with Gasteiger partial charge in [-0.1, -0.05) is 12.1 Å². The topological polar surface area (TPSA) is 84.6 Å². The first kappa shape index (κ1) is 15.3. The van der Waals surface area contributed by atoms with Crippen molar-refractivity contribution >= 4 is 12.6 Å². The highest BCUT2D eigenvalue weighted by Gasteiger charge is 2.15. The summed E-state index contributed by atoms with van der Waals surface area (Å²) >= 11 is 0. The Hall–Kier alpha value is -2.12. The fourth-order valence-electron chi connectivity index (χ4n) is 2.22. The zero-order chi connectivity index (χ0) is 15.6. The van der Waals surface area contributed by atoms with Crippen molar-refractivity contribution in [1.29, 1.82) is 0 Å². The molecule has 0 fully saturated rings. The van der Waals surface area contributed by atoms with Gasteiger partial charge in [-0.3, -0.25) is 4.57 Å². The molecule has 2 rings (SSSR count). The van der Waals surface area contributed by atoms with Gasteiger partial charge < -0.3 is 14.8 Å². The smallest absolute Gasteiger partial charge is 0.488 e. The lowest BCUT2D eigenvalue weighted by molar-refractivity contribution is 0.407. The third kappa shape index (κ3) is 3.32. The van der Waals surface area contributed by atoms with E-state index in [-0.39, 0.29) is 12.2 Å². The van der Waals surface area contributed by atoms with Crippen molar-refractivity contribution in [3.8, 4) is 5.75 Å². The van der Waals surface area contributed by atoms with E-state index in [1.807, 2.05) is 13.0 Å². The lowest BCUT2D eigenvalue weighted by Crippen LogP contribution is -2.31. The largest absolute Gasteiger partial charge is 0.496 e. The van der Waals surface area contributed by atoms with Crippen LogP contribution < -0.4 is 15.9 Å². The third-order valence-electron chi connectivity index (χ3n) is 3.28. The molecule has 110 valence electrons. The molecule has 0 radical (unpaired) electrons. The summed E-state index contributed by atoms with van der Waals surface area (Å²) in [7, 11) is -0.0414. The molecule has 0 aliphatic rings. The van der Waals surface area contributed by atoms with Crippen LogP contribution in [0.2, 0.25) is 0 Å². The molecule has 6 nitrogen and oxygen atoms in total. The summed E-state index contributed by atoms with van der Waals surface area (Å²) in [6.07, 6.45) is 0. The van der Waals surface area contributed by atoms with Gasteiger partial charge in [-0.25, -0.2) is 4.79 Å². The molecule has 21 heavy (non-hydrogen) atoms. The van der Waals surface area contributed by atoms with E-state index in [1.165, 1.54) is 11.7 Å². The monoisotopic (exact) mass is 288 g/mol. The van der Waals surface area contributed by atoms with E-state index in [9.17, 15) is 14.8 Å². The first-order valence-electron chi connectivity index (χ1n) is 6.50. The van der Waals surface area contributed by atoms with Crippen LogP contribution in [-0.4, -0.2) is 33.8 Å². The van der Waals surface area contributed by atoms with E-state index in [0.717, 1.165) is 5.69 Å². The van der Waals surface area contributed by atoms with Crippen LogP contribution in [0.1, 0.15) is 17.0 Å². The predicted molar refractivity (Wildman–Crippen MR) is 79.9 cm³/mol. The van der Waals surface area contributed by atoms with E-state index in [2.05, 4.69) is 4.98 Å². The number of aryl methyl sites for hydroxylation is 2. The van der Waals surface area contributed by atoms with Gasteiger partial charge >= 0.3 is 12.8 Å². The molecule has 0 saturated heterocycles. The normalized spacial score (nSPS) is 10.5. The van der Waals surface area contributed by atoms with Crippen LogP contribution in [0.25, 0.3) is 0 Å². The van der Waals surface area contributed by atoms with Gasteiger partial charge in [-0.15, -0.1) is 0 Å². The van der Waals surface area contributed by atoms with Crippen LogP contribution in [0.5, 0.6) is 5.75 Å². The molecule has 1 aromatic carbocycles. The van der Waals surface area contributed by atoms with Gasteiger partial charge in [0, 0.05) is 17.0 Å². The van der Waals surface area contributed by atoms with E-state index in [4.69, 9.17) is 4.74 Å².